The van der Waals surface area contributed by atoms with E-state index in [2.05, 4.69) is 0 Å². The van der Waals surface area contributed by atoms with Gasteiger partial charge >= 0.3 is 18.0 Å². The Kier molecular flexibility index (Phi) is 5.04. The summed E-state index contributed by atoms with van der Waals surface area (Å²) in [6.07, 6.45) is -12.6. The van der Waals surface area contributed by atoms with Crippen molar-refractivity contribution in [3.8, 4) is 11.1 Å². The Balaban J connectivity index is 3.00. The van der Waals surface area contributed by atoms with Gasteiger partial charge in [-0.3, -0.25) is 0 Å². The van der Waals surface area contributed by atoms with E-state index in [4.69, 9.17) is 11.6 Å². The van der Waals surface area contributed by atoms with Crippen LogP contribution in [0.15, 0.2) is 30.3 Å². The third-order valence-electron chi connectivity index (χ3n) is 3.83. The van der Waals surface area contributed by atoms with Gasteiger partial charge in [0.2, 0.25) is 0 Å². The van der Waals surface area contributed by atoms with E-state index in [-0.39, 0.29) is 16.1 Å². The molecule has 0 radical (unpaired) electrons. The Morgan fingerprint density at radius 2 is 1.35 bits per heavy atom. The summed E-state index contributed by atoms with van der Waals surface area (Å²) in [5.74, 6) is -1.13. The van der Waals surface area contributed by atoms with Crippen molar-refractivity contribution in [2.75, 3.05) is 0 Å². The zero-order valence-corrected chi connectivity index (χ0v) is 14.0. The Morgan fingerprint density at radius 1 is 0.808 bits per heavy atom. The van der Waals surface area contributed by atoms with Crippen LogP contribution in [0.1, 0.15) is 16.7 Å². The molecular formula is C17H11ClF8. The molecule has 0 N–H and O–H groups in total. The predicted octanol–water partition coefficient (Wildman–Crippen LogP) is 7.05. The van der Waals surface area contributed by atoms with Gasteiger partial charge < -0.3 is 0 Å². The second-order valence-electron chi connectivity index (χ2n) is 5.78. The Bertz CT molecular complexity index is 822. The van der Waals surface area contributed by atoms with Crippen LogP contribution in [0.4, 0.5) is 35.1 Å². The minimum absolute atomic E-state index is 0.0424. The van der Waals surface area contributed by atoms with Gasteiger partial charge in [-0.1, -0.05) is 29.3 Å². The van der Waals surface area contributed by atoms with Gasteiger partial charge in [0.25, 0.3) is 0 Å². The minimum Gasteiger partial charge on any atom is -0.218 e. The van der Waals surface area contributed by atoms with Crippen LogP contribution in [0.25, 0.3) is 11.1 Å². The number of rotatable bonds is 2. The molecule has 0 unspecified atom stereocenters. The molecule has 2 aromatic carbocycles. The van der Waals surface area contributed by atoms with Crippen molar-refractivity contribution in [1.29, 1.82) is 0 Å². The number of hydrogen-bond acceptors (Lipinski definition) is 0. The summed E-state index contributed by atoms with van der Waals surface area (Å²) in [6, 6.07) is 4.35. The Labute approximate surface area is 148 Å². The number of hydrogen-bond donors (Lipinski definition) is 0. The molecule has 0 bridgehead atoms. The molecule has 0 aliphatic rings. The second-order valence-corrected chi connectivity index (χ2v) is 6.22. The molecule has 9 heteroatoms. The van der Waals surface area contributed by atoms with Crippen LogP contribution in [-0.2, 0) is 5.67 Å². The first-order valence-electron chi connectivity index (χ1n) is 7.09. The van der Waals surface area contributed by atoms with E-state index in [1.54, 1.807) is 0 Å². The van der Waals surface area contributed by atoms with Gasteiger partial charge in [-0.05, 0) is 43.2 Å². The second kappa shape index (κ2) is 6.40. The number of halogens is 9. The van der Waals surface area contributed by atoms with Gasteiger partial charge in [-0.25, -0.2) is 8.78 Å². The third-order valence-corrected chi connectivity index (χ3v) is 4.07. The zero-order chi connectivity index (χ0) is 20.1. The minimum atomic E-state index is -6.31. The van der Waals surface area contributed by atoms with Crippen LogP contribution in [0.3, 0.4) is 0 Å². The molecule has 0 saturated heterocycles. The van der Waals surface area contributed by atoms with Crippen molar-refractivity contribution in [2.24, 2.45) is 0 Å². The summed E-state index contributed by atoms with van der Waals surface area (Å²) in [6.45, 7) is 2.38. The highest BCUT2D eigenvalue weighted by Crippen LogP contribution is 2.56. The highest BCUT2D eigenvalue weighted by molar-refractivity contribution is 6.30. The molecule has 0 aliphatic carbocycles. The van der Waals surface area contributed by atoms with Gasteiger partial charge in [-0.2, -0.15) is 26.3 Å². The van der Waals surface area contributed by atoms with Crippen molar-refractivity contribution in [3.05, 3.63) is 57.9 Å². The van der Waals surface area contributed by atoms with E-state index in [1.165, 1.54) is 19.9 Å². The summed E-state index contributed by atoms with van der Waals surface area (Å²) in [4.78, 5) is 0. The van der Waals surface area contributed by atoms with Crippen molar-refractivity contribution < 1.29 is 35.1 Å². The van der Waals surface area contributed by atoms with Crippen LogP contribution >= 0.6 is 11.6 Å². The summed E-state index contributed by atoms with van der Waals surface area (Å²) in [5, 5.41) is -0.129. The Hall–Kier alpha value is -1.83. The molecule has 0 nitrogen and oxygen atoms in total. The Morgan fingerprint density at radius 3 is 1.85 bits per heavy atom. The molecule has 2 rings (SSSR count). The van der Waals surface area contributed by atoms with Crippen LogP contribution < -0.4 is 0 Å². The molecule has 0 aliphatic heterocycles. The first kappa shape index (κ1) is 20.5. The van der Waals surface area contributed by atoms with E-state index in [0.29, 0.717) is 6.07 Å². The van der Waals surface area contributed by atoms with E-state index in [9.17, 15) is 35.1 Å². The van der Waals surface area contributed by atoms with Gasteiger partial charge in [0.05, 0.1) is 0 Å². The fourth-order valence-corrected chi connectivity index (χ4v) is 2.92. The average molecular weight is 403 g/mol. The molecule has 0 saturated carbocycles. The normalized spacial score (nSPS) is 13.2. The predicted molar refractivity (Wildman–Crippen MR) is 81.2 cm³/mol. The van der Waals surface area contributed by atoms with Crippen LogP contribution in [0.2, 0.25) is 5.02 Å². The largest absolute Gasteiger partial charge is 0.435 e. The van der Waals surface area contributed by atoms with Crippen LogP contribution in [0, 0.1) is 19.7 Å². The van der Waals surface area contributed by atoms with Gasteiger partial charge in [0.15, 0.2) is 0 Å². The van der Waals surface area contributed by atoms with Crippen molar-refractivity contribution in [3.63, 3.8) is 0 Å². The number of alkyl halides is 7. The van der Waals surface area contributed by atoms with Gasteiger partial charge in [0, 0.05) is 16.1 Å². The van der Waals surface area contributed by atoms with Gasteiger partial charge in [0.1, 0.15) is 5.82 Å². The van der Waals surface area contributed by atoms with E-state index < -0.39 is 40.5 Å². The standard InChI is InChI=1S/C17H11ClF8/c1-8-5-9(2)14(11-7-10(18)3-4-13(11)19)12(6-8)15(20,16(21,22)23)17(24,25)26/h3-7H,1-2H3. The SMILES string of the molecule is Cc1cc(C)c(-c2cc(Cl)ccc2F)c(C(F)(C(F)(F)F)C(F)(F)F)c1. The van der Waals surface area contributed by atoms with Crippen molar-refractivity contribution >= 4 is 11.6 Å². The topological polar surface area (TPSA) is 0 Å². The maximum Gasteiger partial charge on any atom is 0.435 e. The zero-order valence-electron chi connectivity index (χ0n) is 13.3. The van der Waals surface area contributed by atoms with Crippen LogP contribution in [-0.4, -0.2) is 12.4 Å². The lowest BCUT2D eigenvalue weighted by atomic mass is 9.83. The average Bonchev–Trinajstić information content (AvgIpc) is 2.46. The van der Waals surface area contributed by atoms with Crippen molar-refractivity contribution in [1.82, 2.24) is 0 Å². The van der Waals surface area contributed by atoms with Crippen molar-refractivity contribution in [2.45, 2.75) is 31.9 Å². The maximum absolute atomic E-state index is 14.7. The fraction of sp³-hybridized carbons (Fsp3) is 0.294. The first-order chi connectivity index (χ1) is 11.7. The highest BCUT2D eigenvalue weighted by atomic mass is 35.5. The molecule has 142 valence electrons. The molecular weight excluding hydrogens is 392 g/mol. The van der Waals surface area contributed by atoms with E-state index in [0.717, 1.165) is 18.2 Å². The maximum atomic E-state index is 14.7. The highest BCUT2D eigenvalue weighted by Gasteiger charge is 2.74. The summed E-state index contributed by atoms with van der Waals surface area (Å²) < 4.78 is 108. The molecule has 0 spiro atoms. The fourth-order valence-electron chi connectivity index (χ4n) is 2.75. The summed E-state index contributed by atoms with van der Waals surface area (Å²) >= 11 is 5.69. The quantitative estimate of drug-likeness (QED) is 0.472. The molecule has 0 fully saturated rings. The number of benzene rings is 2. The van der Waals surface area contributed by atoms with E-state index >= 15 is 0 Å². The third kappa shape index (κ3) is 3.26. The summed E-state index contributed by atoms with van der Waals surface area (Å²) in [7, 11) is 0. The lowest BCUT2D eigenvalue weighted by Crippen LogP contribution is -2.50. The molecule has 26 heavy (non-hydrogen) atoms. The molecule has 0 amide bonds. The van der Waals surface area contributed by atoms with Crippen LogP contribution in [0.5, 0.6) is 0 Å². The van der Waals surface area contributed by atoms with E-state index in [1.807, 2.05) is 0 Å². The van der Waals surface area contributed by atoms with Gasteiger partial charge in [-0.15, -0.1) is 0 Å². The lowest BCUT2D eigenvalue weighted by molar-refractivity contribution is -0.348. The molecule has 0 heterocycles. The molecule has 0 atom stereocenters. The summed E-state index contributed by atoms with van der Waals surface area (Å²) in [5.41, 5.74) is -9.10. The molecule has 2 aromatic rings. The monoisotopic (exact) mass is 402 g/mol. The number of aryl methyl sites for hydroxylation is 2. The smallest absolute Gasteiger partial charge is 0.218 e. The first-order valence-corrected chi connectivity index (χ1v) is 7.47. The molecule has 0 aromatic heterocycles. The lowest BCUT2D eigenvalue weighted by Gasteiger charge is -2.33.